The number of hydrogen-bond acceptors (Lipinski definition) is 2. The largest absolute Gasteiger partial charge is 0.305 e. The summed E-state index contributed by atoms with van der Waals surface area (Å²) < 4.78 is 0. The number of rotatable bonds is 4. The van der Waals surface area contributed by atoms with Gasteiger partial charge in [0, 0.05) is 22.5 Å². The number of benzene rings is 1. The second-order valence-electron chi connectivity index (χ2n) is 4.15. The van der Waals surface area contributed by atoms with Crippen LogP contribution in [0, 0.1) is 6.92 Å². The Morgan fingerprint density at radius 2 is 2.06 bits per heavy atom. The number of halogens is 1. The first-order valence-electron chi connectivity index (χ1n) is 5.69. The molecular formula is C14H16ClNS. The van der Waals surface area contributed by atoms with Crippen LogP contribution in [0.25, 0.3) is 0 Å². The van der Waals surface area contributed by atoms with Gasteiger partial charge in [-0.15, -0.1) is 11.3 Å². The second-order valence-corrected chi connectivity index (χ2v) is 5.56. The van der Waals surface area contributed by atoms with Gasteiger partial charge in [-0.2, -0.15) is 0 Å². The highest BCUT2D eigenvalue weighted by Crippen LogP contribution is 2.23. The Morgan fingerprint density at radius 1 is 1.29 bits per heavy atom. The van der Waals surface area contributed by atoms with Crippen molar-refractivity contribution < 1.29 is 0 Å². The van der Waals surface area contributed by atoms with Crippen molar-refractivity contribution in [2.75, 3.05) is 0 Å². The van der Waals surface area contributed by atoms with Crippen LogP contribution in [0.4, 0.5) is 0 Å². The van der Waals surface area contributed by atoms with Crippen molar-refractivity contribution in [1.29, 1.82) is 0 Å². The Bertz CT molecular complexity index is 492. The van der Waals surface area contributed by atoms with Gasteiger partial charge in [-0.3, -0.25) is 0 Å². The smallest absolute Gasteiger partial charge is 0.0453 e. The molecule has 0 aliphatic heterocycles. The standard InChI is InChI=1S/C14H16ClNS/c1-10-7-8-17-14(10)9-16-11(2)12-5-3-4-6-13(12)15/h3-8,11,16H,9H2,1-2H3. The average molecular weight is 266 g/mol. The lowest BCUT2D eigenvalue weighted by molar-refractivity contribution is 0.578. The SMILES string of the molecule is Cc1ccsc1CNC(C)c1ccccc1Cl. The van der Waals surface area contributed by atoms with E-state index in [1.165, 1.54) is 10.4 Å². The molecule has 1 heterocycles. The quantitative estimate of drug-likeness (QED) is 0.855. The summed E-state index contributed by atoms with van der Waals surface area (Å²) in [6, 6.07) is 10.4. The van der Waals surface area contributed by atoms with Crippen LogP contribution < -0.4 is 5.32 Å². The van der Waals surface area contributed by atoms with Crippen LogP contribution in [0.5, 0.6) is 0 Å². The van der Waals surface area contributed by atoms with Crippen molar-refractivity contribution in [3.8, 4) is 0 Å². The zero-order valence-electron chi connectivity index (χ0n) is 10.0. The molecule has 3 heteroatoms. The predicted molar refractivity (Wildman–Crippen MR) is 75.8 cm³/mol. The normalized spacial score (nSPS) is 12.6. The van der Waals surface area contributed by atoms with Gasteiger partial charge in [0.2, 0.25) is 0 Å². The molecule has 0 bridgehead atoms. The molecule has 1 nitrogen and oxygen atoms in total. The molecule has 2 rings (SSSR count). The van der Waals surface area contributed by atoms with Crippen molar-refractivity contribution >= 4 is 22.9 Å². The highest BCUT2D eigenvalue weighted by molar-refractivity contribution is 7.10. The second kappa shape index (κ2) is 5.67. The zero-order valence-corrected chi connectivity index (χ0v) is 11.6. The Hall–Kier alpha value is -0.830. The highest BCUT2D eigenvalue weighted by Gasteiger charge is 2.09. The van der Waals surface area contributed by atoms with Gasteiger partial charge >= 0.3 is 0 Å². The van der Waals surface area contributed by atoms with E-state index in [0.717, 1.165) is 17.1 Å². The molecule has 0 spiro atoms. The third-order valence-corrected chi connectivity index (χ3v) is 4.28. The highest BCUT2D eigenvalue weighted by atomic mass is 35.5. The third-order valence-electron chi connectivity index (χ3n) is 2.91. The van der Waals surface area contributed by atoms with Gasteiger partial charge < -0.3 is 5.32 Å². The number of aryl methyl sites for hydroxylation is 1. The first-order chi connectivity index (χ1) is 8.18. The summed E-state index contributed by atoms with van der Waals surface area (Å²) >= 11 is 7.97. The number of thiophene rings is 1. The van der Waals surface area contributed by atoms with Gasteiger partial charge in [0.1, 0.15) is 0 Å². The molecule has 1 atom stereocenters. The van der Waals surface area contributed by atoms with Crippen LogP contribution >= 0.6 is 22.9 Å². The van der Waals surface area contributed by atoms with E-state index in [-0.39, 0.29) is 6.04 Å². The van der Waals surface area contributed by atoms with Crippen LogP contribution in [-0.2, 0) is 6.54 Å². The lowest BCUT2D eigenvalue weighted by atomic mass is 10.1. The molecule has 0 saturated carbocycles. The van der Waals surface area contributed by atoms with Crippen molar-refractivity contribution in [3.05, 3.63) is 56.7 Å². The molecule has 0 radical (unpaired) electrons. The van der Waals surface area contributed by atoms with Crippen molar-refractivity contribution in [3.63, 3.8) is 0 Å². The lowest BCUT2D eigenvalue weighted by Crippen LogP contribution is -2.18. The van der Waals surface area contributed by atoms with E-state index < -0.39 is 0 Å². The minimum Gasteiger partial charge on any atom is -0.305 e. The molecule has 1 unspecified atom stereocenters. The molecular weight excluding hydrogens is 250 g/mol. The van der Waals surface area contributed by atoms with Gasteiger partial charge in [0.25, 0.3) is 0 Å². The van der Waals surface area contributed by atoms with Crippen molar-refractivity contribution in [1.82, 2.24) is 5.32 Å². The van der Waals surface area contributed by atoms with Gasteiger partial charge in [0.05, 0.1) is 0 Å². The van der Waals surface area contributed by atoms with Gasteiger partial charge in [-0.1, -0.05) is 29.8 Å². The minimum absolute atomic E-state index is 0.269. The van der Waals surface area contributed by atoms with Crippen molar-refractivity contribution in [2.45, 2.75) is 26.4 Å². The monoisotopic (exact) mass is 265 g/mol. The molecule has 0 saturated heterocycles. The summed E-state index contributed by atoms with van der Waals surface area (Å²) in [5, 5.41) is 6.47. The summed E-state index contributed by atoms with van der Waals surface area (Å²) in [7, 11) is 0. The fourth-order valence-electron chi connectivity index (χ4n) is 1.77. The van der Waals surface area contributed by atoms with Crippen LogP contribution in [0.15, 0.2) is 35.7 Å². The van der Waals surface area contributed by atoms with E-state index in [1.54, 1.807) is 11.3 Å². The average Bonchev–Trinajstić information content (AvgIpc) is 2.72. The van der Waals surface area contributed by atoms with Gasteiger partial charge in [-0.25, -0.2) is 0 Å². The summed E-state index contributed by atoms with van der Waals surface area (Å²) in [6.45, 7) is 5.19. The maximum absolute atomic E-state index is 6.17. The Morgan fingerprint density at radius 3 is 2.71 bits per heavy atom. The summed E-state index contributed by atoms with van der Waals surface area (Å²) in [6.07, 6.45) is 0. The maximum Gasteiger partial charge on any atom is 0.0453 e. The molecule has 1 aromatic carbocycles. The molecule has 0 amide bonds. The minimum atomic E-state index is 0.269. The van der Waals surface area contributed by atoms with E-state index in [9.17, 15) is 0 Å². The molecule has 0 aliphatic rings. The molecule has 90 valence electrons. The Labute approximate surface area is 111 Å². The molecule has 2 aromatic rings. The molecule has 0 fully saturated rings. The molecule has 17 heavy (non-hydrogen) atoms. The fourth-order valence-corrected chi connectivity index (χ4v) is 2.92. The Balaban J connectivity index is 2.01. The predicted octanol–water partition coefficient (Wildman–Crippen LogP) is 4.56. The third kappa shape index (κ3) is 3.09. The number of hydrogen-bond donors (Lipinski definition) is 1. The van der Waals surface area contributed by atoms with Crippen LogP contribution in [-0.4, -0.2) is 0 Å². The van der Waals surface area contributed by atoms with E-state index >= 15 is 0 Å². The van der Waals surface area contributed by atoms with Gasteiger partial charge in [0.15, 0.2) is 0 Å². The fraction of sp³-hybridized carbons (Fsp3) is 0.286. The zero-order chi connectivity index (χ0) is 12.3. The topological polar surface area (TPSA) is 12.0 Å². The first kappa shape index (κ1) is 12.6. The summed E-state index contributed by atoms with van der Waals surface area (Å²) in [4.78, 5) is 1.39. The lowest BCUT2D eigenvalue weighted by Gasteiger charge is -2.15. The Kier molecular flexibility index (Phi) is 4.21. The number of nitrogens with one attached hydrogen (secondary N) is 1. The van der Waals surface area contributed by atoms with Crippen molar-refractivity contribution in [2.24, 2.45) is 0 Å². The van der Waals surface area contributed by atoms with E-state index in [0.29, 0.717) is 0 Å². The maximum atomic E-state index is 6.17. The van der Waals surface area contributed by atoms with Crippen LogP contribution in [0.3, 0.4) is 0 Å². The molecule has 1 N–H and O–H groups in total. The summed E-state index contributed by atoms with van der Waals surface area (Å²) in [5.74, 6) is 0. The van der Waals surface area contributed by atoms with E-state index in [2.05, 4.69) is 36.7 Å². The van der Waals surface area contributed by atoms with Crippen LogP contribution in [0.2, 0.25) is 5.02 Å². The molecule has 0 aliphatic carbocycles. The van der Waals surface area contributed by atoms with E-state index in [1.807, 2.05) is 18.2 Å². The van der Waals surface area contributed by atoms with Crippen LogP contribution in [0.1, 0.15) is 29.0 Å². The van der Waals surface area contributed by atoms with Gasteiger partial charge in [-0.05, 0) is 42.5 Å². The molecule has 1 aromatic heterocycles. The van der Waals surface area contributed by atoms with E-state index in [4.69, 9.17) is 11.6 Å². The summed E-state index contributed by atoms with van der Waals surface area (Å²) in [5.41, 5.74) is 2.51. The first-order valence-corrected chi connectivity index (χ1v) is 6.95.